The number of imide groups is 4. The van der Waals surface area contributed by atoms with Gasteiger partial charge < -0.3 is 9.94 Å². The molecule has 2 saturated heterocycles. The lowest BCUT2D eigenvalue weighted by molar-refractivity contribution is -0.197. The van der Waals surface area contributed by atoms with Crippen LogP contribution in [0, 0.1) is 12.8 Å². The highest BCUT2D eigenvalue weighted by Crippen LogP contribution is 2.14. The number of carboxylic acid groups (broad SMARTS) is 1. The van der Waals surface area contributed by atoms with Crippen molar-refractivity contribution in [2.45, 2.75) is 77.0 Å². The molecule has 0 saturated carbocycles. The lowest BCUT2D eigenvalue weighted by Crippen LogP contribution is -2.32. The molecule has 0 bridgehead atoms. The van der Waals surface area contributed by atoms with Crippen LogP contribution in [0.4, 0.5) is 0 Å². The average molecular weight is 662 g/mol. The number of carbonyl (C=O) groups is 10. The van der Waals surface area contributed by atoms with Crippen molar-refractivity contribution in [2.75, 3.05) is 13.1 Å². The molecule has 0 spiro atoms. The van der Waals surface area contributed by atoms with Gasteiger partial charge in [-0.15, -0.1) is 17.9 Å². The third-order valence-electron chi connectivity index (χ3n) is 6.56. The highest BCUT2D eigenvalue weighted by atomic mass is 16.7. The molecule has 17 nitrogen and oxygen atoms in total. The van der Waals surface area contributed by atoms with E-state index in [9.17, 15) is 47.9 Å². The molecule has 0 unspecified atom stereocenters. The van der Waals surface area contributed by atoms with Crippen LogP contribution in [-0.4, -0.2) is 103 Å². The van der Waals surface area contributed by atoms with Crippen molar-refractivity contribution in [1.29, 1.82) is 0 Å². The number of nitrogens with zero attached hydrogens (tertiary/aromatic N) is 4. The third kappa shape index (κ3) is 13.6. The highest BCUT2D eigenvalue weighted by Gasteiger charge is 2.32. The fourth-order valence-electron chi connectivity index (χ4n) is 4.11. The Balaban J connectivity index is 0.000000380. The number of rotatable bonds is 13. The second kappa shape index (κ2) is 20.5. The number of hydrogen-bond acceptors (Lipinski definition) is 12. The molecule has 254 valence electrons. The van der Waals surface area contributed by atoms with Crippen molar-refractivity contribution >= 4 is 59.2 Å². The number of aliphatic carboxylic acids is 1. The van der Waals surface area contributed by atoms with Crippen molar-refractivity contribution in [2.24, 2.45) is 0 Å². The molecule has 2 fully saturated rings. The summed E-state index contributed by atoms with van der Waals surface area (Å²) in [6.07, 6.45) is 15.0. The van der Waals surface area contributed by atoms with E-state index in [0.717, 1.165) is 4.90 Å². The molecule has 8 amide bonds. The second-order valence-corrected chi connectivity index (χ2v) is 9.98. The van der Waals surface area contributed by atoms with E-state index in [2.05, 4.69) is 6.42 Å². The molecule has 47 heavy (non-hydrogen) atoms. The zero-order valence-electron chi connectivity index (χ0n) is 26.5. The zero-order chi connectivity index (χ0) is 36.2. The largest absolute Gasteiger partial charge is 0.481 e. The standard InChI is InChI=1S/C14H16N2O6.C10H13NO4.C4H5NO3.C2H2/c17-10-5-6-11(18)15(10)9-3-1-2-4-14(21)22-16-12(19)7-8-13(16)20;12-8-5-6-9(13)11(8)7-3-1-2-4-10(14)15;6-3-1-2-4(7)5(3)8;1-2/h5-6H,1-4,7-9H2;5-6H,1-4,7H2,(H,14,15);8H,1-2H2;1-2H/i;;;1D. The fourth-order valence-corrected chi connectivity index (χ4v) is 4.11. The van der Waals surface area contributed by atoms with E-state index >= 15 is 0 Å². The number of terminal acetylenes is 1. The Morgan fingerprint density at radius 3 is 1.36 bits per heavy atom. The minimum atomic E-state index is -0.815. The molecule has 0 aromatic carbocycles. The molecule has 0 aliphatic carbocycles. The number of carboxylic acids is 1. The van der Waals surface area contributed by atoms with E-state index in [-0.39, 0.29) is 67.2 Å². The first-order valence-corrected chi connectivity index (χ1v) is 14.5. The summed E-state index contributed by atoms with van der Waals surface area (Å²) in [4.78, 5) is 116. The Labute approximate surface area is 271 Å². The van der Waals surface area contributed by atoms with Gasteiger partial charge in [0.15, 0.2) is 0 Å². The van der Waals surface area contributed by atoms with Crippen molar-refractivity contribution < 1.29 is 64.5 Å². The molecule has 4 rings (SSSR count). The van der Waals surface area contributed by atoms with Gasteiger partial charge in [-0.2, -0.15) is 5.06 Å². The maximum Gasteiger partial charge on any atom is 0.333 e. The predicted octanol–water partition coefficient (Wildman–Crippen LogP) is 0.409. The van der Waals surface area contributed by atoms with E-state index in [0.29, 0.717) is 56.7 Å². The fraction of sp³-hybridized carbons (Fsp3) is 0.467. The van der Waals surface area contributed by atoms with E-state index in [1.54, 1.807) is 0 Å². The van der Waals surface area contributed by atoms with Gasteiger partial charge in [0.2, 0.25) is 0 Å². The Morgan fingerprint density at radius 2 is 1.02 bits per heavy atom. The van der Waals surface area contributed by atoms with Gasteiger partial charge in [0, 0.05) is 75.9 Å². The SMILES string of the molecule is O=C(CCCCCN1C(=O)C=CC1=O)ON1C(=O)CCC1=O.O=C(O)CCCCCN1C(=O)C=CC1=O.O=C1CCC(=O)N1O.[2H]C#C. The summed E-state index contributed by atoms with van der Waals surface area (Å²) in [5.41, 5.74) is 0. The maximum absolute atomic E-state index is 11.5. The third-order valence-corrected chi connectivity index (χ3v) is 6.56. The van der Waals surface area contributed by atoms with Gasteiger partial charge in [0.05, 0.1) is 0 Å². The van der Waals surface area contributed by atoms with E-state index in [4.69, 9.17) is 16.5 Å². The molecular weight excluding hydrogens is 624 g/mol. The summed E-state index contributed by atoms with van der Waals surface area (Å²) in [5.74, 6) is -4.68. The lowest BCUT2D eigenvalue weighted by atomic mass is 10.2. The van der Waals surface area contributed by atoms with Crippen LogP contribution in [0.5, 0.6) is 0 Å². The van der Waals surface area contributed by atoms with Crippen molar-refractivity contribution in [1.82, 2.24) is 19.9 Å². The van der Waals surface area contributed by atoms with Gasteiger partial charge in [-0.05, 0) is 25.7 Å². The summed E-state index contributed by atoms with van der Waals surface area (Å²) in [6.45, 7) is 0.688. The topological polar surface area (TPSA) is 233 Å². The molecule has 4 aliphatic heterocycles. The minimum absolute atomic E-state index is 0.0667. The summed E-state index contributed by atoms with van der Waals surface area (Å²) in [7, 11) is 0. The molecule has 17 heteroatoms. The normalized spacial score (nSPS) is 16.8. The van der Waals surface area contributed by atoms with Crippen LogP contribution in [0.1, 0.15) is 78.4 Å². The quantitative estimate of drug-likeness (QED) is 0.118. The van der Waals surface area contributed by atoms with Crippen LogP contribution in [0.3, 0.4) is 0 Å². The smallest absolute Gasteiger partial charge is 0.333 e. The number of hydroxylamine groups is 4. The van der Waals surface area contributed by atoms with Gasteiger partial charge in [0.1, 0.15) is 1.37 Å². The number of carbonyl (C=O) groups excluding carboxylic acids is 9. The van der Waals surface area contributed by atoms with Crippen molar-refractivity contribution in [3.8, 4) is 12.8 Å². The van der Waals surface area contributed by atoms with Crippen molar-refractivity contribution in [3.05, 3.63) is 24.3 Å². The van der Waals surface area contributed by atoms with Gasteiger partial charge in [-0.1, -0.05) is 12.8 Å². The van der Waals surface area contributed by atoms with Crippen LogP contribution in [0.15, 0.2) is 24.3 Å². The zero-order valence-corrected chi connectivity index (χ0v) is 25.5. The van der Waals surface area contributed by atoms with Gasteiger partial charge in [0.25, 0.3) is 47.3 Å². The van der Waals surface area contributed by atoms with Gasteiger partial charge >= 0.3 is 11.9 Å². The lowest BCUT2D eigenvalue weighted by Gasteiger charge is -2.14. The van der Waals surface area contributed by atoms with Crippen molar-refractivity contribution in [3.63, 3.8) is 0 Å². The molecule has 0 aromatic heterocycles. The Bertz CT molecular complexity index is 1320. The number of unbranched alkanes of at least 4 members (excludes halogenated alkanes) is 4. The van der Waals surface area contributed by atoms with Crippen LogP contribution in [0.25, 0.3) is 0 Å². The van der Waals surface area contributed by atoms with E-state index in [1.165, 1.54) is 35.6 Å². The predicted molar refractivity (Wildman–Crippen MR) is 156 cm³/mol. The maximum atomic E-state index is 11.5. The molecule has 2 N–H and O–H groups in total. The minimum Gasteiger partial charge on any atom is -0.481 e. The Hall–Kier alpha value is -5.50. The first kappa shape index (κ1) is 37.7. The molecular formula is C30H36N4O13. The summed E-state index contributed by atoms with van der Waals surface area (Å²) < 4.78 is 5.74. The summed E-state index contributed by atoms with van der Waals surface area (Å²) in [6, 6.07) is 0. The van der Waals surface area contributed by atoms with Crippen LogP contribution in [0.2, 0.25) is 0 Å². The highest BCUT2D eigenvalue weighted by molar-refractivity contribution is 6.13. The van der Waals surface area contributed by atoms with Crippen LogP contribution >= 0.6 is 0 Å². The number of amides is 8. The Morgan fingerprint density at radius 1 is 0.660 bits per heavy atom. The molecule has 0 atom stereocenters. The molecule has 0 aromatic rings. The summed E-state index contributed by atoms with van der Waals surface area (Å²) in [5, 5.41) is 17.5. The van der Waals surface area contributed by atoms with Gasteiger partial charge in [-0.3, -0.25) is 58.2 Å². The van der Waals surface area contributed by atoms with Crippen LogP contribution in [-0.2, 0) is 52.8 Å². The second-order valence-electron chi connectivity index (χ2n) is 9.98. The van der Waals surface area contributed by atoms with E-state index in [1.807, 2.05) is 0 Å². The van der Waals surface area contributed by atoms with E-state index < -0.39 is 35.6 Å². The molecule has 4 heterocycles. The molecule has 4 aliphatic rings. The number of hydrogen-bond donors (Lipinski definition) is 2. The first-order chi connectivity index (χ1) is 22.7. The monoisotopic (exact) mass is 661 g/mol. The Kier molecular flexibility index (Phi) is 16.4. The van der Waals surface area contributed by atoms with Gasteiger partial charge in [-0.25, -0.2) is 4.79 Å². The average Bonchev–Trinajstić information content (AvgIpc) is 3.74. The molecule has 0 radical (unpaired) electrons. The van der Waals surface area contributed by atoms with Crippen LogP contribution < -0.4 is 0 Å². The summed E-state index contributed by atoms with van der Waals surface area (Å²) >= 11 is 0. The first-order valence-electron chi connectivity index (χ1n) is 15.0.